The second-order valence-electron chi connectivity index (χ2n) is 4.99. The molecular formula is C17H12BrClN2O3S. The van der Waals surface area contributed by atoms with E-state index in [0.717, 1.165) is 0 Å². The molecule has 2 aromatic rings. The summed E-state index contributed by atoms with van der Waals surface area (Å²) >= 11 is 10.6. The van der Waals surface area contributed by atoms with Gasteiger partial charge in [0.1, 0.15) is 0 Å². The van der Waals surface area contributed by atoms with Crippen molar-refractivity contribution in [2.75, 3.05) is 7.11 Å². The lowest BCUT2D eigenvalue weighted by molar-refractivity contribution is -0.115. The largest absolute Gasteiger partial charge is 0.503 e. The van der Waals surface area contributed by atoms with Gasteiger partial charge in [0.05, 0.1) is 27.2 Å². The second-order valence-corrected chi connectivity index (χ2v) is 7.28. The van der Waals surface area contributed by atoms with Crippen molar-refractivity contribution in [2.45, 2.75) is 0 Å². The Balaban J connectivity index is 1.90. The van der Waals surface area contributed by atoms with Crippen molar-refractivity contribution >= 4 is 62.1 Å². The number of amides is 1. The van der Waals surface area contributed by atoms with Crippen LogP contribution in [0.3, 0.4) is 0 Å². The number of rotatable bonds is 3. The molecule has 5 nitrogen and oxygen atoms in total. The molecule has 25 heavy (non-hydrogen) atoms. The molecule has 0 spiro atoms. The molecule has 0 atom stereocenters. The van der Waals surface area contributed by atoms with E-state index in [0.29, 0.717) is 36.6 Å². The standard InChI is InChI=1S/C17H12BrClN2O3S/c1-24-13-7-9(6-10(18)15(13)22)8-14-16(23)21-17(25-14)20-12-5-3-2-4-11(12)19/h2-8,22H,1H3,(H,20,21,23)/b14-8-. The molecule has 128 valence electrons. The van der Waals surface area contributed by atoms with E-state index >= 15 is 0 Å². The summed E-state index contributed by atoms with van der Waals surface area (Å²) in [7, 11) is 1.46. The fraction of sp³-hybridized carbons (Fsp3) is 0.0588. The van der Waals surface area contributed by atoms with Crippen LogP contribution in [0.15, 0.2) is 50.8 Å². The number of benzene rings is 2. The number of ether oxygens (including phenoxy) is 1. The molecule has 0 aliphatic carbocycles. The highest BCUT2D eigenvalue weighted by Crippen LogP contribution is 2.37. The maximum absolute atomic E-state index is 12.2. The number of hydrogen-bond donors (Lipinski definition) is 2. The third kappa shape index (κ3) is 4.00. The summed E-state index contributed by atoms with van der Waals surface area (Å²) in [5, 5.41) is 13.5. The Morgan fingerprint density at radius 1 is 1.36 bits per heavy atom. The molecular weight excluding hydrogens is 428 g/mol. The third-order valence-electron chi connectivity index (χ3n) is 3.29. The first kappa shape index (κ1) is 17.8. The number of amidine groups is 1. The zero-order valence-electron chi connectivity index (χ0n) is 12.9. The fourth-order valence-electron chi connectivity index (χ4n) is 2.12. The summed E-state index contributed by atoms with van der Waals surface area (Å²) in [6, 6.07) is 10.5. The fourth-order valence-corrected chi connectivity index (χ4v) is 3.59. The topological polar surface area (TPSA) is 70.9 Å². The van der Waals surface area contributed by atoms with E-state index < -0.39 is 0 Å². The van der Waals surface area contributed by atoms with Crippen LogP contribution in [0, 0.1) is 0 Å². The van der Waals surface area contributed by atoms with Gasteiger partial charge < -0.3 is 15.2 Å². The minimum absolute atomic E-state index is 0.00847. The number of carbonyl (C=O) groups excluding carboxylic acids is 1. The van der Waals surface area contributed by atoms with Crippen LogP contribution in [-0.4, -0.2) is 23.3 Å². The number of nitrogens with zero attached hydrogens (tertiary/aromatic N) is 1. The lowest BCUT2D eigenvalue weighted by Gasteiger charge is -2.06. The number of phenols is 1. The Morgan fingerprint density at radius 3 is 2.84 bits per heavy atom. The lowest BCUT2D eigenvalue weighted by atomic mass is 10.2. The molecule has 1 fully saturated rings. The van der Waals surface area contributed by atoms with Crippen molar-refractivity contribution in [2.24, 2.45) is 4.99 Å². The molecule has 2 N–H and O–H groups in total. The van der Waals surface area contributed by atoms with E-state index in [9.17, 15) is 9.90 Å². The van der Waals surface area contributed by atoms with Gasteiger partial charge in [0.2, 0.25) is 0 Å². The van der Waals surface area contributed by atoms with E-state index in [1.54, 1.807) is 30.3 Å². The second kappa shape index (κ2) is 7.51. The summed E-state index contributed by atoms with van der Waals surface area (Å²) in [6.07, 6.45) is 1.70. The number of methoxy groups -OCH3 is 1. The van der Waals surface area contributed by atoms with Gasteiger partial charge in [-0.25, -0.2) is 4.99 Å². The lowest BCUT2D eigenvalue weighted by Crippen LogP contribution is -2.19. The quantitative estimate of drug-likeness (QED) is 0.680. The van der Waals surface area contributed by atoms with E-state index in [2.05, 4.69) is 26.2 Å². The average Bonchev–Trinajstić information content (AvgIpc) is 2.92. The van der Waals surface area contributed by atoms with E-state index in [4.69, 9.17) is 16.3 Å². The Labute approximate surface area is 161 Å². The zero-order valence-corrected chi connectivity index (χ0v) is 16.1. The van der Waals surface area contributed by atoms with E-state index in [1.165, 1.54) is 18.9 Å². The maximum atomic E-state index is 12.2. The van der Waals surface area contributed by atoms with Gasteiger partial charge in [0.25, 0.3) is 5.91 Å². The molecule has 2 aromatic carbocycles. The van der Waals surface area contributed by atoms with E-state index in [-0.39, 0.29) is 11.7 Å². The summed E-state index contributed by atoms with van der Waals surface area (Å²) in [4.78, 5) is 17.0. The normalized spacial score (nSPS) is 17.2. The number of hydrogen-bond acceptors (Lipinski definition) is 5. The molecule has 1 aliphatic heterocycles. The average molecular weight is 440 g/mol. The Morgan fingerprint density at radius 2 is 2.12 bits per heavy atom. The molecule has 0 radical (unpaired) electrons. The number of thioether (sulfide) groups is 1. The molecule has 1 amide bonds. The summed E-state index contributed by atoms with van der Waals surface area (Å²) < 4.78 is 5.59. The summed E-state index contributed by atoms with van der Waals surface area (Å²) in [5.74, 6) is 0.0719. The maximum Gasteiger partial charge on any atom is 0.264 e. The van der Waals surface area contributed by atoms with Crippen molar-refractivity contribution < 1.29 is 14.6 Å². The van der Waals surface area contributed by atoms with Gasteiger partial charge in [-0.1, -0.05) is 23.7 Å². The molecule has 1 heterocycles. The number of para-hydroxylation sites is 1. The smallest absolute Gasteiger partial charge is 0.264 e. The monoisotopic (exact) mass is 438 g/mol. The van der Waals surface area contributed by atoms with Gasteiger partial charge in [-0.3, -0.25) is 4.79 Å². The number of aliphatic imine (C=N–C) groups is 1. The number of nitrogens with one attached hydrogen (secondary N) is 1. The van der Waals surface area contributed by atoms with Crippen LogP contribution in [-0.2, 0) is 4.79 Å². The van der Waals surface area contributed by atoms with Gasteiger partial charge >= 0.3 is 0 Å². The number of aromatic hydroxyl groups is 1. The van der Waals surface area contributed by atoms with Crippen LogP contribution in [0.1, 0.15) is 5.56 Å². The minimum atomic E-state index is -0.251. The first-order chi connectivity index (χ1) is 12.0. The van der Waals surface area contributed by atoms with Crippen LogP contribution in [0.2, 0.25) is 5.02 Å². The first-order valence-electron chi connectivity index (χ1n) is 7.08. The number of carbonyl (C=O) groups is 1. The van der Waals surface area contributed by atoms with E-state index in [1.807, 2.05) is 12.1 Å². The van der Waals surface area contributed by atoms with Crippen molar-refractivity contribution in [1.82, 2.24) is 5.32 Å². The highest BCUT2D eigenvalue weighted by Gasteiger charge is 2.24. The van der Waals surface area contributed by atoms with Crippen LogP contribution in [0.5, 0.6) is 11.5 Å². The Bertz CT molecular complexity index is 915. The SMILES string of the molecule is COc1cc(/C=C2\SC(=Nc3ccccc3Cl)NC2=O)cc(Br)c1O. The van der Waals surface area contributed by atoms with Crippen molar-refractivity contribution in [3.8, 4) is 11.5 Å². The van der Waals surface area contributed by atoms with Crippen LogP contribution < -0.4 is 10.1 Å². The van der Waals surface area contributed by atoms with Gasteiger partial charge in [-0.15, -0.1) is 0 Å². The van der Waals surface area contributed by atoms with Crippen LogP contribution >= 0.6 is 39.3 Å². The highest BCUT2D eigenvalue weighted by atomic mass is 79.9. The van der Waals surface area contributed by atoms with Crippen molar-refractivity contribution in [3.05, 3.63) is 56.4 Å². The molecule has 1 saturated heterocycles. The highest BCUT2D eigenvalue weighted by molar-refractivity contribution is 9.10. The van der Waals surface area contributed by atoms with Gasteiger partial charge in [0.15, 0.2) is 16.7 Å². The minimum Gasteiger partial charge on any atom is -0.503 e. The van der Waals surface area contributed by atoms with Crippen LogP contribution in [0.25, 0.3) is 6.08 Å². The molecule has 3 rings (SSSR count). The Kier molecular flexibility index (Phi) is 5.36. The zero-order chi connectivity index (χ0) is 18.0. The number of phenolic OH excluding ortho intramolecular Hbond substituents is 1. The predicted octanol–water partition coefficient (Wildman–Crippen LogP) is 4.71. The molecule has 8 heteroatoms. The van der Waals surface area contributed by atoms with Crippen molar-refractivity contribution in [3.63, 3.8) is 0 Å². The summed E-state index contributed by atoms with van der Waals surface area (Å²) in [5.41, 5.74) is 1.29. The van der Waals surface area contributed by atoms with Crippen LogP contribution in [0.4, 0.5) is 5.69 Å². The summed E-state index contributed by atoms with van der Waals surface area (Å²) in [6.45, 7) is 0. The predicted molar refractivity (Wildman–Crippen MR) is 105 cm³/mol. The van der Waals surface area contributed by atoms with Gasteiger partial charge in [-0.05, 0) is 63.6 Å². The molecule has 0 aromatic heterocycles. The molecule has 0 saturated carbocycles. The first-order valence-corrected chi connectivity index (χ1v) is 9.07. The molecule has 0 bridgehead atoms. The Hall–Kier alpha value is -1.96. The molecule has 0 unspecified atom stereocenters. The number of halogens is 2. The molecule has 1 aliphatic rings. The van der Waals surface area contributed by atoms with Gasteiger partial charge in [0, 0.05) is 0 Å². The van der Waals surface area contributed by atoms with Gasteiger partial charge in [-0.2, -0.15) is 0 Å². The third-order valence-corrected chi connectivity index (χ3v) is 5.13. The van der Waals surface area contributed by atoms with Crippen molar-refractivity contribution in [1.29, 1.82) is 0 Å².